The zero-order valence-electron chi connectivity index (χ0n) is 12.8. The van der Waals surface area contributed by atoms with E-state index in [0.29, 0.717) is 5.41 Å². The van der Waals surface area contributed by atoms with Crippen molar-refractivity contribution in [2.45, 2.75) is 70.1 Å². The maximum Gasteiger partial charge on any atom is 0.00273 e. The van der Waals surface area contributed by atoms with Crippen molar-refractivity contribution in [2.75, 3.05) is 0 Å². The summed E-state index contributed by atoms with van der Waals surface area (Å²) in [7, 11) is 0. The van der Waals surface area contributed by atoms with Crippen molar-refractivity contribution in [1.29, 1.82) is 0 Å². The predicted molar refractivity (Wildman–Crippen MR) is 85.1 cm³/mol. The second-order valence-electron chi connectivity index (χ2n) is 7.28. The summed E-state index contributed by atoms with van der Waals surface area (Å²) in [6.07, 6.45) is 14.7. The summed E-state index contributed by atoms with van der Waals surface area (Å²) in [5.74, 6) is 0.929. The first-order valence-electron chi connectivity index (χ1n) is 8.62. The highest BCUT2D eigenvalue weighted by molar-refractivity contribution is 5.45. The minimum atomic E-state index is 0.542. The van der Waals surface area contributed by atoms with Gasteiger partial charge in [0.15, 0.2) is 0 Å². The van der Waals surface area contributed by atoms with E-state index in [2.05, 4.69) is 31.2 Å². The molecule has 0 saturated heterocycles. The van der Waals surface area contributed by atoms with Gasteiger partial charge in [0.05, 0.1) is 0 Å². The van der Waals surface area contributed by atoms with Gasteiger partial charge in [0.25, 0.3) is 0 Å². The number of hydrogen-bond donors (Lipinski definition) is 0. The summed E-state index contributed by atoms with van der Waals surface area (Å²) in [5, 5.41) is 0. The van der Waals surface area contributed by atoms with Crippen LogP contribution in [-0.4, -0.2) is 0 Å². The number of fused-ring (bicyclic) bond motifs is 5. The van der Waals surface area contributed by atoms with Crippen LogP contribution in [0.1, 0.15) is 68.6 Å². The van der Waals surface area contributed by atoms with Crippen molar-refractivity contribution in [2.24, 2.45) is 5.92 Å². The maximum atomic E-state index is 2.60. The van der Waals surface area contributed by atoms with Crippen molar-refractivity contribution in [3.63, 3.8) is 0 Å². The zero-order chi connectivity index (χ0) is 13.6. The number of rotatable bonds is 3. The maximum absolute atomic E-state index is 2.60. The summed E-state index contributed by atoms with van der Waals surface area (Å²) in [6, 6.07) is 7.47. The van der Waals surface area contributed by atoms with Crippen molar-refractivity contribution >= 4 is 0 Å². The molecule has 0 radical (unpaired) electrons. The van der Waals surface area contributed by atoms with Crippen molar-refractivity contribution in [3.05, 3.63) is 46.5 Å². The van der Waals surface area contributed by atoms with E-state index in [4.69, 9.17) is 0 Å². The van der Waals surface area contributed by atoms with Crippen LogP contribution < -0.4 is 0 Å². The third-order valence-electron chi connectivity index (χ3n) is 6.12. The van der Waals surface area contributed by atoms with Gasteiger partial charge >= 0.3 is 0 Å². The fraction of sp³-hybridized carbons (Fsp3) is 0.600. The first-order chi connectivity index (χ1) is 9.82. The van der Waals surface area contributed by atoms with E-state index in [1.54, 1.807) is 22.3 Å². The van der Waals surface area contributed by atoms with Crippen LogP contribution in [0.25, 0.3) is 0 Å². The van der Waals surface area contributed by atoms with Gasteiger partial charge in [0, 0.05) is 5.41 Å². The van der Waals surface area contributed by atoms with Crippen LogP contribution in [0.2, 0.25) is 0 Å². The Morgan fingerprint density at radius 2 is 2.25 bits per heavy atom. The Labute approximate surface area is 123 Å². The van der Waals surface area contributed by atoms with Gasteiger partial charge in [0.1, 0.15) is 0 Å². The Balaban J connectivity index is 1.74. The van der Waals surface area contributed by atoms with Crippen molar-refractivity contribution in [3.8, 4) is 0 Å². The number of benzene rings is 1. The second kappa shape index (κ2) is 4.76. The quantitative estimate of drug-likeness (QED) is 0.647. The Hall–Kier alpha value is -1.04. The molecule has 0 heterocycles. The lowest BCUT2D eigenvalue weighted by Gasteiger charge is -2.42. The second-order valence-corrected chi connectivity index (χ2v) is 7.28. The van der Waals surface area contributed by atoms with Crippen LogP contribution in [-0.2, 0) is 18.3 Å². The molecular weight excluding hydrogens is 240 g/mol. The molecule has 0 aliphatic heterocycles. The molecule has 1 aromatic rings. The summed E-state index contributed by atoms with van der Waals surface area (Å²) in [6.45, 7) is 2.29. The Bertz CT molecular complexity index is 551. The topological polar surface area (TPSA) is 0 Å². The summed E-state index contributed by atoms with van der Waals surface area (Å²) in [5.41, 5.74) is 7.32. The van der Waals surface area contributed by atoms with E-state index in [1.165, 1.54) is 57.8 Å². The van der Waals surface area contributed by atoms with Gasteiger partial charge in [-0.2, -0.15) is 0 Å². The summed E-state index contributed by atoms with van der Waals surface area (Å²) < 4.78 is 0. The van der Waals surface area contributed by atoms with E-state index in [1.807, 2.05) is 0 Å². The highest BCUT2D eigenvalue weighted by Gasteiger charge is 2.49. The number of aryl methyl sites for hydroxylation is 2. The van der Waals surface area contributed by atoms with E-state index in [0.717, 1.165) is 5.92 Å². The molecule has 0 amide bonds. The smallest absolute Gasteiger partial charge is 0.00273 e. The van der Waals surface area contributed by atoms with Gasteiger partial charge in [-0.15, -0.1) is 0 Å². The molecule has 3 aliphatic rings. The van der Waals surface area contributed by atoms with Crippen LogP contribution in [0.3, 0.4) is 0 Å². The lowest BCUT2D eigenvalue weighted by Crippen LogP contribution is -2.35. The first-order valence-corrected chi connectivity index (χ1v) is 8.62. The molecule has 3 aliphatic carbocycles. The first kappa shape index (κ1) is 12.7. The number of unbranched alkanes of at least 4 members (excludes halogenated alkanes) is 1. The minimum absolute atomic E-state index is 0.542. The summed E-state index contributed by atoms with van der Waals surface area (Å²) >= 11 is 0. The number of hydrogen-bond acceptors (Lipinski definition) is 0. The molecule has 1 fully saturated rings. The molecule has 106 valence electrons. The molecule has 2 bridgehead atoms. The van der Waals surface area contributed by atoms with Crippen molar-refractivity contribution in [1.82, 2.24) is 0 Å². The molecule has 2 unspecified atom stereocenters. The molecule has 0 N–H and O–H groups in total. The average Bonchev–Trinajstić information content (AvgIpc) is 3.07. The van der Waals surface area contributed by atoms with Gasteiger partial charge in [-0.05, 0) is 74.0 Å². The van der Waals surface area contributed by atoms with E-state index in [9.17, 15) is 0 Å². The van der Waals surface area contributed by atoms with E-state index >= 15 is 0 Å². The largest absolute Gasteiger partial charge is 0.0850 e. The van der Waals surface area contributed by atoms with Gasteiger partial charge in [0.2, 0.25) is 0 Å². The Morgan fingerprint density at radius 3 is 3.00 bits per heavy atom. The van der Waals surface area contributed by atoms with Crippen LogP contribution in [0.5, 0.6) is 0 Å². The zero-order valence-corrected chi connectivity index (χ0v) is 12.8. The molecule has 1 spiro atoms. The molecule has 1 aromatic carbocycles. The summed E-state index contributed by atoms with van der Waals surface area (Å²) in [4.78, 5) is 0. The Kier molecular flexibility index (Phi) is 3.02. The predicted octanol–water partition coefficient (Wildman–Crippen LogP) is 5.34. The highest BCUT2D eigenvalue weighted by atomic mass is 14.5. The third-order valence-corrected chi connectivity index (χ3v) is 6.12. The van der Waals surface area contributed by atoms with Crippen LogP contribution >= 0.6 is 0 Å². The van der Waals surface area contributed by atoms with Crippen molar-refractivity contribution < 1.29 is 0 Å². The fourth-order valence-electron chi connectivity index (χ4n) is 5.09. The standard InChI is InChI=1S/C20H26/c1-2-3-5-15-7-9-17-6-4-11-20(19(17)13-15)14-16-8-10-18(20)12-16/h7-9,13,18H,2-6,10-12,14H2,1H3. The van der Waals surface area contributed by atoms with Gasteiger partial charge in [-0.3, -0.25) is 0 Å². The molecule has 2 atom stereocenters. The third kappa shape index (κ3) is 1.80. The van der Waals surface area contributed by atoms with Gasteiger partial charge in [-0.25, -0.2) is 0 Å². The molecular formula is C20H26. The van der Waals surface area contributed by atoms with Gasteiger partial charge in [-0.1, -0.05) is 43.2 Å². The lowest BCUT2D eigenvalue weighted by atomic mass is 9.62. The highest BCUT2D eigenvalue weighted by Crippen LogP contribution is 2.58. The molecule has 0 heteroatoms. The monoisotopic (exact) mass is 266 g/mol. The molecule has 0 nitrogen and oxygen atoms in total. The molecule has 20 heavy (non-hydrogen) atoms. The normalized spacial score (nSPS) is 30.6. The van der Waals surface area contributed by atoms with Gasteiger partial charge < -0.3 is 0 Å². The SMILES string of the molecule is CCCCc1ccc2c(c1)C1(CCC2)CC2=CCC1C2. The van der Waals surface area contributed by atoms with Crippen LogP contribution in [0, 0.1) is 5.92 Å². The minimum Gasteiger partial charge on any atom is -0.0850 e. The van der Waals surface area contributed by atoms with Crippen LogP contribution in [0.15, 0.2) is 29.8 Å². The van der Waals surface area contributed by atoms with E-state index in [-0.39, 0.29) is 0 Å². The van der Waals surface area contributed by atoms with E-state index < -0.39 is 0 Å². The fourth-order valence-corrected chi connectivity index (χ4v) is 5.09. The molecule has 1 saturated carbocycles. The average molecular weight is 266 g/mol. The number of allylic oxidation sites excluding steroid dienone is 2. The molecule has 0 aromatic heterocycles. The Morgan fingerprint density at radius 1 is 1.30 bits per heavy atom. The molecule has 4 rings (SSSR count). The van der Waals surface area contributed by atoms with Crippen LogP contribution in [0.4, 0.5) is 0 Å². The lowest BCUT2D eigenvalue weighted by molar-refractivity contribution is 0.269.